The monoisotopic (exact) mass is 350 g/mol. The van der Waals surface area contributed by atoms with Crippen LogP contribution in [0.15, 0.2) is 30.3 Å². The minimum atomic E-state index is -0.298. The molecule has 1 amide bonds. The summed E-state index contributed by atoms with van der Waals surface area (Å²) in [6.45, 7) is 0. The second-order valence-electron chi connectivity index (χ2n) is 7.79. The number of hydrogen-bond donors (Lipinski definition) is 2. The van der Waals surface area contributed by atoms with E-state index in [0.717, 1.165) is 44.1 Å². The van der Waals surface area contributed by atoms with Crippen molar-refractivity contribution < 1.29 is 9.90 Å². The highest BCUT2D eigenvalue weighted by Gasteiger charge is 2.27. The fraction of sp³-hybridized carbons (Fsp3) is 0.455. The lowest BCUT2D eigenvalue weighted by atomic mass is 9.94. The average molecular weight is 350 g/mol. The molecule has 2 atom stereocenters. The number of rotatable bonds is 5. The summed E-state index contributed by atoms with van der Waals surface area (Å²) in [6, 6.07) is 10.5. The second kappa shape index (κ2) is 7.20. The second-order valence-corrected chi connectivity index (χ2v) is 7.79. The molecule has 2 unspecified atom stereocenters. The van der Waals surface area contributed by atoms with Gasteiger partial charge in [-0.15, -0.1) is 0 Å². The van der Waals surface area contributed by atoms with Gasteiger partial charge in [0.15, 0.2) is 0 Å². The predicted molar refractivity (Wildman–Crippen MR) is 101 cm³/mol. The molecule has 2 aromatic rings. The quantitative estimate of drug-likeness (QED) is 0.870. The Balaban J connectivity index is 1.59. The van der Waals surface area contributed by atoms with Crippen LogP contribution in [0.1, 0.15) is 65.2 Å². The average Bonchev–Trinajstić information content (AvgIpc) is 3.25. The number of aryl methyl sites for hydroxylation is 1. The number of pyridine rings is 1. The van der Waals surface area contributed by atoms with E-state index in [1.807, 2.05) is 12.1 Å². The van der Waals surface area contributed by atoms with Gasteiger partial charge in [0.1, 0.15) is 0 Å². The van der Waals surface area contributed by atoms with Gasteiger partial charge in [0.25, 0.3) is 0 Å². The Morgan fingerprint density at radius 3 is 2.62 bits per heavy atom. The summed E-state index contributed by atoms with van der Waals surface area (Å²) in [7, 11) is 0. The molecule has 1 fully saturated rings. The van der Waals surface area contributed by atoms with E-state index in [4.69, 9.17) is 10.7 Å². The minimum absolute atomic E-state index is 0.170. The smallest absolute Gasteiger partial charge is 0.221 e. The van der Waals surface area contributed by atoms with E-state index in [0.29, 0.717) is 12.3 Å². The van der Waals surface area contributed by atoms with Gasteiger partial charge < -0.3 is 10.8 Å². The van der Waals surface area contributed by atoms with Gasteiger partial charge in [-0.3, -0.25) is 9.78 Å². The number of carbonyl (C=O) groups is 1. The van der Waals surface area contributed by atoms with E-state index in [9.17, 15) is 9.90 Å². The van der Waals surface area contributed by atoms with E-state index in [1.54, 1.807) is 0 Å². The van der Waals surface area contributed by atoms with Crippen LogP contribution >= 0.6 is 0 Å². The van der Waals surface area contributed by atoms with Crippen molar-refractivity contribution in [3.63, 3.8) is 0 Å². The molecule has 1 heterocycles. The molecule has 0 saturated heterocycles. The fourth-order valence-electron chi connectivity index (χ4n) is 4.44. The summed E-state index contributed by atoms with van der Waals surface area (Å²) in [5.74, 6) is 0.0979. The van der Waals surface area contributed by atoms with Gasteiger partial charge in [-0.2, -0.15) is 0 Å². The molecule has 0 spiro atoms. The molecule has 2 aliphatic carbocycles. The number of nitrogens with zero attached hydrogens (tertiary/aromatic N) is 1. The van der Waals surface area contributed by atoms with Gasteiger partial charge >= 0.3 is 0 Å². The maximum atomic E-state index is 11.1. The van der Waals surface area contributed by atoms with Crippen LogP contribution in [0.4, 0.5) is 0 Å². The van der Waals surface area contributed by atoms with Crippen molar-refractivity contribution in [2.24, 2.45) is 5.73 Å². The molecule has 3 N–H and O–H groups in total. The Kier molecular flexibility index (Phi) is 4.77. The summed E-state index contributed by atoms with van der Waals surface area (Å²) in [4.78, 5) is 16.0. The molecular weight excluding hydrogens is 324 g/mol. The number of benzene rings is 1. The van der Waals surface area contributed by atoms with E-state index < -0.39 is 0 Å². The highest BCUT2D eigenvalue weighted by atomic mass is 16.3. The van der Waals surface area contributed by atoms with Crippen molar-refractivity contribution in [1.82, 2.24) is 4.98 Å². The van der Waals surface area contributed by atoms with Gasteiger partial charge in [0.05, 0.1) is 12.5 Å². The van der Waals surface area contributed by atoms with Gasteiger partial charge in [-0.25, -0.2) is 0 Å². The zero-order valence-corrected chi connectivity index (χ0v) is 15.1. The third-order valence-corrected chi connectivity index (χ3v) is 5.78. The van der Waals surface area contributed by atoms with Crippen molar-refractivity contribution in [2.75, 3.05) is 0 Å². The van der Waals surface area contributed by atoms with Crippen LogP contribution in [-0.4, -0.2) is 22.1 Å². The Labute approximate surface area is 154 Å². The van der Waals surface area contributed by atoms with Crippen molar-refractivity contribution in [3.05, 3.63) is 64.0 Å². The number of carbonyl (C=O) groups excluding carboxylic acids is 1. The normalized spacial score (nSPS) is 21.7. The van der Waals surface area contributed by atoms with Crippen LogP contribution in [0, 0.1) is 0 Å². The highest BCUT2D eigenvalue weighted by molar-refractivity contribution is 5.76. The number of hydrogen-bond acceptors (Lipinski definition) is 3. The lowest BCUT2D eigenvalue weighted by Gasteiger charge is -2.15. The van der Waals surface area contributed by atoms with Crippen LogP contribution in [0.5, 0.6) is 0 Å². The zero-order chi connectivity index (χ0) is 18.1. The van der Waals surface area contributed by atoms with Gasteiger partial charge in [0, 0.05) is 17.3 Å². The third kappa shape index (κ3) is 3.65. The van der Waals surface area contributed by atoms with Crippen LogP contribution in [0.3, 0.4) is 0 Å². The topological polar surface area (TPSA) is 76.2 Å². The molecular formula is C22H26N2O2. The molecule has 136 valence electrons. The van der Waals surface area contributed by atoms with Crippen LogP contribution in [-0.2, 0) is 30.5 Å². The third-order valence-electron chi connectivity index (χ3n) is 5.78. The van der Waals surface area contributed by atoms with Crippen molar-refractivity contribution in [2.45, 2.75) is 63.4 Å². The molecule has 1 saturated carbocycles. The van der Waals surface area contributed by atoms with E-state index in [2.05, 4.69) is 18.2 Å². The molecule has 0 aliphatic heterocycles. The predicted octanol–water partition coefficient (Wildman–Crippen LogP) is 2.82. The van der Waals surface area contributed by atoms with E-state index >= 15 is 0 Å². The number of primary amides is 1. The summed E-state index contributed by atoms with van der Waals surface area (Å²) >= 11 is 0. The maximum absolute atomic E-state index is 11.1. The standard InChI is InChI=1S/C22H26N2O2/c23-22(26)11-15-6-4-14(5-7-15)10-17-13-21(16-8-9-18(25)12-16)24-20-3-1-2-19(17)20/h4-7,13,16,18,25H,1-3,8-12H2,(H2,23,26). The van der Waals surface area contributed by atoms with Crippen molar-refractivity contribution in [3.8, 4) is 0 Å². The molecule has 4 nitrogen and oxygen atoms in total. The van der Waals surface area contributed by atoms with Gasteiger partial charge in [0.2, 0.25) is 5.91 Å². The van der Waals surface area contributed by atoms with E-state index in [1.165, 1.54) is 34.5 Å². The van der Waals surface area contributed by atoms with Crippen molar-refractivity contribution >= 4 is 5.91 Å². The first-order chi connectivity index (χ1) is 12.6. The van der Waals surface area contributed by atoms with Gasteiger partial charge in [-0.1, -0.05) is 24.3 Å². The zero-order valence-electron chi connectivity index (χ0n) is 15.1. The fourth-order valence-corrected chi connectivity index (χ4v) is 4.44. The molecule has 4 rings (SSSR count). The molecule has 2 aliphatic rings. The van der Waals surface area contributed by atoms with Crippen LogP contribution in [0.2, 0.25) is 0 Å². The van der Waals surface area contributed by atoms with Crippen LogP contribution < -0.4 is 5.73 Å². The highest BCUT2D eigenvalue weighted by Crippen LogP contribution is 2.36. The van der Waals surface area contributed by atoms with Gasteiger partial charge in [-0.05, 0) is 73.3 Å². The first-order valence-electron chi connectivity index (χ1n) is 9.64. The Hall–Kier alpha value is -2.20. The maximum Gasteiger partial charge on any atom is 0.221 e. The summed E-state index contributed by atoms with van der Waals surface area (Å²) < 4.78 is 0. The number of aliphatic hydroxyl groups excluding tert-OH is 1. The molecule has 26 heavy (non-hydrogen) atoms. The lowest BCUT2D eigenvalue weighted by Crippen LogP contribution is -2.13. The van der Waals surface area contributed by atoms with Crippen molar-refractivity contribution in [1.29, 1.82) is 0 Å². The van der Waals surface area contributed by atoms with Crippen LogP contribution in [0.25, 0.3) is 0 Å². The Morgan fingerprint density at radius 1 is 1.15 bits per heavy atom. The number of nitrogens with two attached hydrogens (primary N) is 1. The first-order valence-corrected chi connectivity index (χ1v) is 9.64. The molecule has 1 aromatic carbocycles. The first kappa shape index (κ1) is 17.2. The number of aromatic nitrogens is 1. The number of fused-ring (bicyclic) bond motifs is 1. The molecule has 4 heteroatoms. The minimum Gasteiger partial charge on any atom is -0.393 e. The molecule has 1 aromatic heterocycles. The Bertz CT molecular complexity index is 814. The number of aliphatic hydroxyl groups is 1. The van der Waals surface area contributed by atoms with E-state index in [-0.39, 0.29) is 12.0 Å². The number of amides is 1. The SMILES string of the molecule is NC(=O)Cc1ccc(Cc2cc(C3CCC(O)C3)nc3c2CCC3)cc1. The summed E-state index contributed by atoms with van der Waals surface area (Å²) in [5, 5.41) is 9.89. The summed E-state index contributed by atoms with van der Waals surface area (Å²) in [6.07, 6.45) is 7.15. The Morgan fingerprint density at radius 2 is 1.92 bits per heavy atom. The molecule has 0 radical (unpaired) electrons. The summed E-state index contributed by atoms with van der Waals surface area (Å²) in [5.41, 5.74) is 12.7. The molecule has 0 bridgehead atoms. The largest absolute Gasteiger partial charge is 0.393 e. The lowest BCUT2D eigenvalue weighted by molar-refractivity contribution is -0.117.